The summed E-state index contributed by atoms with van der Waals surface area (Å²) < 4.78 is 4.57. The predicted molar refractivity (Wildman–Crippen MR) is 48.0 cm³/mol. The third-order valence-electron chi connectivity index (χ3n) is 2.86. The molecule has 13 heavy (non-hydrogen) atoms. The topological polar surface area (TPSA) is 72.5 Å². The summed E-state index contributed by atoms with van der Waals surface area (Å²) in [5, 5.41) is 9.86. The number of rotatable bonds is 3. The minimum Gasteiger partial charge on any atom is -0.469 e. The molecule has 0 aromatic carbocycles. The van der Waals surface area contributed by atoms with Crippen molar-refractivity contribution in [2.24, 2.45) is 11.7 Å². The van der Waals surface area contributed by atoms with Crippen LogP contribution in [0.4, 0.5) is 0 Å². The highest BCUT2D eigenvalue weighted by atomic mass is 16.5. The summed E-state index contributed by atoms with van der Waals surface area (Å²) in [4.78, 5) is 11.0. The standard InChI is InChI=1S/C9H17NO3/c1-3-7(10)9(12)4-6(5-9)8(11)13-2/h6-7,12H,3-5,10H2,1-2H3. The van der Waals surface area contributed by atoms with Gasteiger partial charge in [0, 0.05) is 6.04 Å². The molecule has 1 saturated carbocycles. The van der Waals surface area contributed by atoms with Gasteiger partial charge in [-0.25, -0.2) is 0 Å². The molecule has 0 spiro atoms. The lowest BCUT2D eigenvalue weighted by molar-refractivity contribution is -0.164. The van der Waals surface area contributed by atoms with Crippen LogP contribution in [0, 0.1) is 5.92 Å². The molecule has 0 aliphatic heterocycles. The number of aliphatic hydroxyl groups is 1. The lowest BCUT2D eigenvalue weighted by Gasteiger charge is -2.45. The van der Waals surface area contributed by atoms with E-state index in [2.05, 4.69) is 4.74 Å². The third kappa shape index (κ3) is 1.84. The van der Waals surface area contributed by atoms with Gasteiger partial charge in [0.25, 0.3) is 0 Å². The molecule has 0 radical (unpaired) electrons. The SMILES string of the molecule is CCC(N)C1(O)CC(C(=O)OC)C1. The Hall–Kier alpha value is -0.610. The molecule has 0 bridgehead atoms. The Balaban J connectivity index is 2.42. The van der Waals surface area contributed by atoms with Gasteiger partial charge in [0.15, 0.2) is 0 Å². The van der Waals surface area contributed by atoms with Crippen LogP contribution in [-0.4, -0.2) is 29.8 Å². The smallest absolute Gasteiger partial charge is 0.308 e. The van der Waals surface area contributed by atoms with Crippen LogP contribution in [0.15, 0.2) is 0 Å². The minimum absolute atomic E-state index is 0.160. The number of methoxy groups -OCH3 is 1. The molecule has 76 valence electrons. The van der Waals surface area contributed by atoms with Crippen LogP contribution in [0.3, 0.4) is 0 Å². The second-order valence-corrected chi connectivity index (χ2v) is 3.75. The first kappa shape index (κ1) is 10.5. The highest BCUT2D eigenvalue weighted by Gasteiger charge is 2.49. The van der Waals surface area contributed by atoms with Gasteiger partial charge in [-0.1, -0.05) is 6.92 Å². The van der Waals surface area contributed by atoms with E-state index in [9.17, 15) is 9.90 Å². The number of carbonyl (C=O) groups excluding carboxylic acids is 1. The van der Waals surface area contributed by atoms with Gasteiger partial charge in [-0.3, -0.25) is 4.79 Å². The zero-order chi connectivity index (χ0) is 10.1. The van der Waals surface area contributed by atoms with E-state index in [0.29, 0.717) is 12.8 Å². The van der Waals surface area contributed by atoms with Gasteiger partial charge in [-0.2, -0.15) is 0 Å². The molecular weight excluding hydrogens is 170 g/mol. The summed E-state index contributed by atoms with van der Waals surface area (Å²) in [6.07, 6.45) is 1.60. The summed E-state index contributed by atoms with van der Waals surface area (Å²) in [5.74, 6) is -0.402. The highest BCUT2D eigenvalue weighted by Crippen LogP contribution is 2.40. The predicted octanol–water partition coefficient (Wildman–Crippen LogP) is 0.0378. The van der Waals surface area contributed by atoms with Gasteiger partial charge in [-0.05, 0) is 19.3 Å². The van der Waals surface area contributed by atoms with Gasteiger partial charge in [-0.15, -0.1) is 0 Å². The minimum atomic E-state index is -0.840. The number of carbonyl (C=O) groups is 1. The maximum atomic E-state index is 11.0. The maximum absolute atomic E-state index is 11.0. The molecule has 4 nitrogen and oxygen atoms in total. The fraction of sp³-hybridized carbons (Fsp3) is 0.889. The summed E-state index contributed by atoms with van der Waals surface area (Å²) in [7, 11) is 1.36. The average molecular weight is 187 g/mol. The molecule has 0 aromatic rings. The van der Waals surface area contributed by atoms with Crippen molar-refractivity contribution >= 4 is 5.97 Å². The Labute approximate surface area is 78.1 Å². The summed E-state index contributed by atoms with van der Waals surface area (Å²) >= 11 is 0. The fourth-order valence-corrected chi connectivity index (χ4v) is 1.81. The van der Waals surface area contributed by atoms with Crippen molar-refractivity contribution in [3.8, 4) is 0 Å². The highest BCUT2D eigenvalue weighted by molar-refractivity contribution is 5.73. The zero-order valence-corrected chi connectivity index (χ0v) is 8.12. The molecule has 3 N–H and O–H groups in total. The number of esters is 1. The van der Waals surface area contributed by atoms with Crippen molar-refractivity contribution in [2.75, 3.05) is 7.11 Å². The largest absolute Gasteiger partial charge is 0.469 e. The van der Waals surface area contributed by atoms with E-state index in [4.69, 9.17) is 5.73 Å². The van der Waals surface area contributed by atoms with Crippen LogP contribution in [0.1, 0.15) is 26.2 Å². The molecule has 0 aromatic heterocycles. The van der Waals surface area contributed by atoms with Crippen LogP contribution < -0.4 is 5.73 Å². The van der Waals surface area contributed by atoms with E-state index in [0.717, 1.165) is 6.42 Å². The lowest BCUT2D eigenvalue weighted by Crippen LogP contribution is -2.58. The Morgan fingerprint density at radius 2 is 2.31 bits per heavy atom. The first-order chi connectivity index (χ1) is 6.03. The number of hydrogen-bond donors (Lipinski definition) is 2. The normalized spacial score (nSPS) is 34.9. The Morgan fingerprint density at radius 1 is 1.77 bits per heavy atom. The van der Waals surface area contributed by atoms with Crippen molar-refractivity contribution in [1.29, 1.82) is 0 Å². The molecule has 0 amide bonds. The third-order valence-corrected chi connectivity index (χ3v) is 2.86. The zero-order valence-electron chi connectivity index (χ0n) is 8.12. The molecule has 0 heterocycles. The molecule has 4 heteroatoms. The molecule has 1 fully saturated rings. The molecule has 1 aliphatic rings. The number of hydrogen-bond acceptors (Lipinski definition) is 4. The van der Waals surface area contributed by atoms with Crippen molar-refractivity contribution in [3.05, 3.63) is 0 Å². The summed E-state index contributed by atoms with van der Waals surface area (Å²) in [6, 6.07) is -0.228. The van der Waals surface area contributed by atoms with E-state index in [-0.39, 0.29) is 17.9 Å². The molecular formula is C9H17NO3. The fourth-order valence-electron chi connectivity index (χ4n) is 1.81. The van der Waals surface area contributed by atoms with E-state index < -0.39 is 5.60 Å². The summed E-state index contributed by atoms with van der Waals surface area (Å²) in [5.41, 5.74) is 4.87. The summed E-state index contributed by atoms with van der Waals surface area (Å²) in [6.45, 7) is 1.92. The Kier molecular flexibility index (Phi) is 2.93. The van der Waals surface area contributed by atoms with E-state index >= 15 is 0 Å². The van der Waals surface area contributed by atoms with Gasteiger partial charge >= 0.3 is 5.97 Å². The van der Waals surface area contributed by atoms with E-state index in [1.165, 1.54) is 7.11 Å². The Morgan fingerprint density at radius 3 is 2.69 bits per heavy atom. The monoisotopic (exact) mass is 187 g/mol. The van der Waals surface area contributed by atoms with Crippen molar-refractivity contribution in [1.82, 2.24) is 0 Å². The van der Waals surface area contributed by atoms with Crippen molar-refractivity contribution < 1.29 is 14.6 Å². The van der Waals surface area contributed by atoms with E-state index in [1.54, 1.807) is 0 Å². The molecule has 1 rings (SSSR count). The molecule has 1 unspecified atom stereocenters. The van der Waals surface area contributed by atoms with Gasteiger partial charge in [0.05, 0.1) is 18.6 Å². The lowest BCUT2D eigenvalue weighted by atomic mass is 9.66. The van der Waals surface area contributed by atoms with Crippen LogP contribution in [0.25, 0.3) is 0 Å². The van der Waals surface area contributed by atoms with Gasteiger partial charge in [0.2, 0.25) is 0 Å². The molecule has 0 saturated heterocycles. The Bertz CT molecular complexity index is 199. The van der Waals surface area contributed by atoms with Crippen molar-refractivity contribution in [2.45, 2.75) is 37.8 Å². The van der Waals surface area contributed by atoms with Gasteiger partial charge in [0.1, 0.15) is 0 Å². The molecule has 1 atom stereocenters. The number of ether oxygens (including phenoxy) is 1. The number of nitrogens with two attached hydrogens (primary N) is 1. The second kappa shape index (κ2) is 3.64. The maximum Gasteiger partial charge on any atom is 0.308 e. The second-order valence-electron chi connectivity index (χ2n) is 3.75. The quantitative estimate of drug-likeness (QED) is 0.612. The first-order valence-electron chi connectivity index (χ1n) is 4.59. The van der Waals surface area contributed by atoms with Crippen LogP contribution >= 0.6 is 0 Å². The molecule has 1 aliphatic carbocycles. The van der Waals surface area contributed by atoms with Crippen LogP contribution in [0.2, 0.25) is 0 Å². The van der Waals surface area contributed by atoms with Crippen LogP contribution in [0.5, 0.6) is 0 Å². The van der Waals surface area contributed by atoms with Gasteiger partial charge < -0.3 is 15.6 Å². The van der Waals surface area contributed by atoms with Crippen molar-refractivity contribution in [3.63, 3.8) is 0 Å². The first-order valence-corrected chi connectivity index (χ1v) is 4.59. The van der Waals surface area contributed by atoms with E-state index in [1.807, 2.05) is 6.92 Å². The van der Waals surface area contributed by atoms with Crippen LogP contribution in [-0.2, 0) is 9.53 Å². The average Bonchev–Trinajstić information content (AvgIpc) is 2.10.